The van der Waals surface area contributed by atoms with Crippen LogP contribution in [0.15, 0.2) is 60.7 Å². The zero-order valence-electron chi connectivity index (χ0n) is 15.7. The van der Waals surface area contributed by atoms with E-state index in [2.05, 4.69) is 34.9 Å². The average molecular weight is 364 g/mol. The Bertz CT molecular complexity index is 737. The molecule has 1 saturated carbocycles. The minimum atomic E-state index is -0.0926. The van der Waals surface area contributed by atoms with Crippen molar-refractivity contribution in [1.82, 2.24) is 10.6 Å². The lowest BCUT2D eigenvalue weighted by Crippen LogP contribution is -2.39. The Morgan fingerprint density at radius 2 is 1.48 bits per heavy atom. The van der Waals surface area contributed by atoms with Crippen molar-refractivity contribution in [2.45, 2.75) is 43.9 Å². The molecular weight excluding hydrogens is 336 g/mol. The summed E-state index contributed by atoms with van der Waals surface area (Å²) >= 11 is 0. The lowest BCUT2D eigenvalue weighted by Gasteiger charge is -2.30. The van der Waals surface area contributed by atoms with E-state index < -0.39 is 0 Å². The standard InChI is InChI=1S/C23H28N2O2/c26-21(14-9-17-24-22(27)19-10-3-1-4-11-19)25-18-23(15-7-8-16-23)20-12-5-2-6-13-20/h1-6,10-13H,7-9,14-18H2,(H,24,27)(H,25,26). The van der Waals surface area contributed by atoms with Crippen LogP contribution in [0.3, 0.4) is 0 Å². The number of nitrogens with one attached hydrogen (secondary N) is 2. The molecule has 1 aliphatic rings. The highest BCUT2D eigenvalue weighted by Crippen LogP contribution is 2.40. The van der Waals surface area contributed by atoms with Gasteiger partial charge >= 0.3 is 0 Å². The fourth-order valence-corrected chi connectivity index (χ4v) is 3.91. The van der Waals surface area contributed by atoms with Crippen molar-refractivity contribution >= 4 is 11.8 Å². The molecule has 2 aromatic rings. The number of hydrogen-bond donors (Lipinski definition) is 2. The topological polar surface area (TPSA) is 58.2 Å². The molecule has 2 aromatic carbocycles. The van der Waals surface area contributed by atoms with E-state index >= 15 is 0 Å². The lowest BCUT2D eigenvalue weighted by molar-refractivity contribution is -0.121. The second kappa shape index (κ2) is 9.36. The number of carbonyl (C=O) groups excluding carboxylic acids is 2. The Kier molecular flexibility index (Phi) is 6.64. The molecule has 0 aromatic heterocycles. The molecule has 1 fully saturated rings. The Balaban J connectivity index is 1.41. The van der Waals surface area contributed by atoms with E-state index in [1.54, 1.807) is 12.1 Å². The number of rotatable bonds is 8. The van der Waals surface area contributed by atoms with Crippen molar-refractivity contribution < 1.29 is 9.59 Å². The minimum Gasteiger partial charge on any atom is -0.355 e. The van der Waals surface area contributed by atoms with Crippen LogP contribution in [0.25, 0.3) is 0 Å². The highest BCUT2D eigenvalue weighted by atomic mass is 16.2. The highest BCUT2D eigenvalue weighted by Gasteiger charge is 2.35. The van der Waals surface area contributed by atoms with Gasteiger partial charge in [0.2, 0.25) is 5.91 Å². The number of hydrogen-bond acceptors (Lipinski definition) is 2. The summed E-state index contributed by atoms with van der Waals surface area (Å²) in [5.41, 5.74) is 2.06. The first kappa shape index (κ1) is 19.2. The van der Waals surface area contributed by atoms with Crippen molar-refractivity contribution in [3.8, 4) is 0 Å². The summed E-state index contributed by atoms with van der Waals surface area (Å²) in [5, 5.41) is 6.00. The smallest absolute Gasteiger partial charge is 0.251 e. The van der Waals surface area contributed by atoms with E-state index in [1.165, 1.54) is 18.4 Å². The predicted molar refractivity (Wildman–Crippen MR) is 108 cm³/mol. The van der Waals surface area contributed by atoms with Crippen molar-refractivity contribution in [3.05, 3.63) is 71.8 Å². The first-order chi connectivity index (χ1) is 13.2. The molecule has 0 atom stereocenters. The van der Waals surface area contributed by atoms with Gasteiger partial charge in [-0.3, -0.25) is 9.59 Å². The normalized spacial score (nSPS) is 15.3. The van der Waals surface area contributed by atoms with Gasteiger partial charge in [-0.1, -0.05) is 61.4 Å². The Hall–Kier alpha value is -2.62. The molecule has 0 bridgehead atoms. The Morgan fingerprint density at radius 3 is 2.15 bits per heavy atom. The van der Waals surface area contributed by atoms with Crippen LogP contribution in [-0.4, -0.2) is 24.9 Å². The van der Waals surface area contributed by atoms with Crippen LogP contribution in [0.5, 0.6) is 0 Å². The molecule has 27 heavy (non-hydrogen) atoms. The van der Waals surface area contributed by atoms with Gasteiger partial charge in [0.1, 0.15) is 0 Å². The molecule has 2 N–H and O–H groups in total. The Morgan fingerprint density at radius 1 is 0.852 bits per heavy atom. The molecule has 1 aliphatic carbocycles. The molecule has 0 spiro atoms. The quantitative estimate of drug-likeness (QED) is 0.700. The molecule has 2 amide bonds. The summed E-state index contributed by atoms with van der Waals surface area (Å²) < 4.78 is 0. The van der Waals surface area contributed by atoms with E-state index in [0.29, 0.717) is 31.5 Å². The summed E-state index contributed by atoms with van der Waals surface area (Å²) in [6, 6.07) is 19.7. The molecule has 3 rings (SSSR count). The van der Waals surface area contributed by atoms with Gasteiger partial charge in [0.15, 0.2) is 0 Å². The summed E-state index contributed by atoms with van der Waals surface area (Å²) in [6.07, 6.45) is 5.77. The van der Waals surface area contributed by atoms with Crippen LogP contribution in [0.2, 0.25) is 0 Å². The van der Waals surface area contributed by atoms with Crippen LogP contribution in [0.1, 0.15) is 54.4 Å². The van der Waals surface area contributed by atoms with Crippen molar-refractivity contribution in [1.29, 1.82) is 0 Å². The molecule has 0 unspecified atom stereocenters. The van der Waals surface area contributed by atoms with Crippen LogP contribution < -0.4 is 10.6 Å². The maximum absolute atomic E-state index is 12.3. The molecule has 0 radical (unpaired) electrons. The third-order valence-electron chi connectivity index (χ3n) is 5.47. The SMILES string of the molecule is O=C(CCCNC(=O)c1ccccc1)NCC1(c2ccccc2)CCCC1. The number of benzene rings is 2. The van der Waals surface area contributed by atoms with E-state index in [0.717, 1.165) is 12.8 Å². The zero-order valence-corrected chi connectivity index (χ0v) is 15.7. The molecule has 0 heterocycles. The largest absolute Gasteiger partial charge is 0.355 e. The fraction of sp³-hybridized carbons (Fsp3) is 0.391. The first-order valence-electron chi connectivity index (χ1n) is 9.85. The van der Waals surface area contributed by atoms with Gasteiger partial charge in [-0.15, -0.1) is 0 Å². The third kappa shape index (κ3) is 5.19. The van der Waals surface area contributed by atoms with Gasteiger partial charge in [-0.05, 0) is 37.0 Å². The molecule has 4 nitrogen and oxygen atoms in total. The van der Waals surface area contributed by atoms with Gasteiger partial charge in [-0.2, -0.15) is 0 Å². The maximum Gasteiger partial charge on any atom is 0.251 e. The lowest BCUT2D eigenvalue weighted by atomic mass is 9.79. The van der Waals surface area contributed by atoms with Crippen molar-refractivity contribution in [2.75, 3.05) is 13.1 Å². The van der Waals surface area contributed by atoms with Gasteiger partial charge in [0, 0.05) is 30.5 Å². The van der Waals surface area contributed by atoms with Crippen molar-refractivity contribution in [2.24, 2.45) is 0 Å². The van der Waals surface area contributed by atoms with Gasteiger partial charge in [0.05, 0.1) is 0 Å². The van der Waals surface area contributed by atoms with Gasteiger partial charge < -0.3 is 10.6 Å². The highest BCUT2D eigenvalue weighted by molar-refractivity contribution is 5.94. The first-order valence-corrected chi connectivity index (χ1v) is 9.85. The van der Waals surface area contributed by atoms with Crippen LogP contribution in [-0.2, 0) is 10.2 Å². The van der Waals surface area contributed by atoms with Crippen LogP contribution >= 0.6 is 0 Å². The summed E-state index contributed by atoms with van der Waals surface area (Å²) in [5.74, 6) is -0.0313. The van der Waals surface area contributed by atoms with Gasteiger partial charge in [0.25, 0.3) is 5.91 Å². The van der Waals surface area contributed by atoms with E-state index in [1.807, 2.05) is 24.3 Å². The maximum atomic E-state index is 12.3. The summed E-state index contributed by atoms with van der Waals surface area (Å²) in [6.45, 7) is 1.21. The van der Waals surface area contributed by atoms with Crippen molar-refractivity contribution in [3.63, 3.8) is 0 Å². The van der Waals surface area contributed by atoms with E-state index in [9.17, 15) is 9.59 Å². The summed E-state index contributed by atoms with van der Waals surface area (Å²) in [4.78, 5) is 24.2. The Labute approximate surface area is 161 Å². The zero-order chi connectivity index (χ0) is 19.0. The van der Waals surface area contributed by atoms with E-state index in [4.69, 9.17) is 0 Å². The number of amides is 2. The van der Waals surface area contributed by atoms with E-state index in [-0.39, 0.29) is 17.2 Å². The third-order valence-corrected chi connectivity index (χ3v) is 5.47. The second-order valence-corrected chi connectivity index (χ2v) is 7.36. The molecule has 142 valence electrons. The second-order valence-electron chi connectivity index (χ2n) is 7.36. The summed E-state index contributed by atoms with van der Waals surface area (Å²) in [7, 11) is 0. The van der Waals surface area contributed by atoms with Crippen LogP contribution in [0.4, 0.5) is 0 Å². The molecule has 0 aliphatic heterocycles. The number of carbonyl (C=O) groups is 2. The molecular formula is C23H28N2O2. The fourth-order valence-electron chi connectivity index (χ4n) is 3.91. The molecule has 0 saturated heterocycles. The van der Waals surface area contributed by atoms with Crippen LogP contribution in [0, 0.1) is 0 Å². The monoisotopic (exact) mass is 364 g/mol. The van der Waals surface area contributed by atoms with Gasteiger partial charge in [-0.25, -0.2) is 0 Å². The average Bonchev–Trinajstić information content (AvgIpc) is 3.21. The molecule has 4 heteroatoms. The minimum absolute atomic E-state index is 0.0613. The predicted octanol–water partition coefficient (Wildman–Crippen LogP) is 3.82.